The van der Waals surface area contributed by atoms with E-state index in [1.54, 1.807) is 13.0 Å². The Hall–Kier alpha value is -3.39. The van der Waals surface area contributed by atoms with Crippen LogP contribution in [0.4, 0.5) is 30.7 Å². The molecule has 2 atom stereocenters. The number of alkyl halides is 6. The van der Waals surface area contributed by atoms with Gasteiger partial charge in [-0.05, 0) is 79.8 Å². The number of piperidine rings is 2. The van der Waals surface area contributed by atoms with Crippen molar-refractivity contribution < 1.29 is 45.1 Å². The summed E-state index contributed by atoms with van der Waals surface area (Å²) < 4.78 is 94.4. The molecule has 0 radical (unpaired) electrons. The number of carbonyl (C=O) groups excluding carboxylic acids is 3. The Bertz CT molecular complexity index is 1380. The molecule has 2 heterocycles. The molecule has 2 aliphatic rings. The molecule has 2 fully saturated rings. The molecular weight excluding hydrogens is 633 g/mol. The molecule has 0 spiro atoms. The van der Waals surface area contributed by atoms with E-state index in [1.807, 2.05) is 0 Å². The van der Waals surface area contributed by atoms with Gasteiger partial charge in [-0.15, -0.1) is 12.4 Å². The number of hydrogen-bond donors (Lipinski definition) is 1. The molecule has 2 unspecified atom stereocenters. The number of benzene rings is 2. The smallest absolute Gasteiger partial charge is 0.361 e. The first kappa shape index (κ1) is 36.1. The third kappa shape index (κ3) is 8.46. The SMILES string of the molecule is Cc1cc(F)ccc1C1CN(C2CCN(C(=O)C(N)=O)CC2)CCC1C(=O)N(C)Cc1cc(C(F)(F)F)cc(C(F)(F)F)c1.Cl. The van der Waals surface area contributed by atoms with E-state index in [4.69, 9.17) is 5.73 Å². The van der Waals surface area contributed by atoms with E-state index < -0.39 is 65.4 Å². The average molecular weight is 667 g/mol. The van der Waals surface area contributed by atoms with Crippen molar-refractivity contribution in [2.24, 2.45) is 11.7 Å². The Labute approximate surface area is 261 Å². The molecule has 0 saturated carbocycles. The van der Waals surface area contributed by atoms with Crippen molar-refractivity contribution in [3.63, 3.8) is 0 Å². The van der Waals surface area contributed by atoms with Gasteiger partial charge in [-0.3, -0.25) is 19.3 Å². The molecule has 2 saturated heterocycles. The van der Waals surface area contributed by atoms with Crippen LogP contribution in [0.3, 0.4) is 0 Å². The van der Waals surface area contributed by atoms with E-state index >= 15 is 0 Å². The molecule has 0 bridgehead atoms. The van der Waals surface area contributed by atoms with Gasteiger partial charge < -0.3 is 15.5 Å². The van der Waals surface area contributed by atoms with E-state index in [-0.39, 0.29) is 30.1 Å². The lowest BCUT2D eigenvalue weighted by Crippen LogP contribution is -2.53. The van der Waals surface area contributed by atoms with Gasteiger partial charge in [0.15, 0.2) is 0 Å². The first-order valence-electron chi connectivity index (χ1n) is 14.1. The van der Waals surface area contributed by atoms with Gasteiger partial charge in [-0.1, -0.05) is 6.07 Å². The minimum Gasteiger partial charge on any atom is -0.361 e. The number of likely N-dealkylation sites (tertiary alicyclic amines) is 2. The van der Waals surface area contributed by atoms with Crippen LogP contribution in [0.25, 0.3) is 0 Å². The maximum Gasteiger partial charge on any atom is 0.416 e. The lowest BCUT2D eigenvalue weighted by atomic mass is 9.77. The lowest BCUT2D eigenvalue weighted by Gasteiger charge is -2.45. The van der Waals surface area contributed by atoms with Crippen LogP contribution < -0.4 is 5.73 Å². The van der Waals surface area contributed by atoms with Crippen LogP contribution in [-0.2, 0) is 33.3 Å². The molecule has 0 aliphatic carbocycles. The van der Waals surface area contributed by atoms with Crippen molar-refractivity contribution in [1.82, 2.24) is 14.7 Å². The standard InChI is InChI=1S/C30H33F7N4O3.ClH/c1-17-11-21(31)3-4-23(17)25-16-41(22-5-8-40(9-6-22)28(44)26(38)42)10-7-24(25)27(43)39(2)15-18-12-19(29(32,33)34)14-20(13-18)30(35,36)37;/h3-4,11-14,22,24-25H,5-10,15-16H2,1-2H3,(H2,38,42);1H. The molecule has 2 aromatic carbocycles. The summed E-state index contributed by atoms with van der Waals surface area (Å²) in [7, 11) is 1.34. The van der Waals surface area contributed by atoms with E-state index in [0.717, 1.165) is 4.90 Å². The van der Waals surface area contributed by atoms with Crippen molar-refractivity contribution in [1.29, 1.82) is 0 Å². The van der Waals surface area contributed by atoms with Crippen LogP contribution in [0.1, 0.15) is 53.0 Å². The molecule has 2 aromatic rings. The summed E-state index contributed by atoms with van der Waals surface area (Å²) >= 11 is 0. The second kappa shape index (κ2) is 13.9. The number of hydrogen-bond acceptors (Lipinski definition) is 4. The number of nitrogens with two attached hydrogens (primary N) is 1. The molecule has 248 valence electrons. The first-order chi connectivity index (χ1) is 20.5. The predicted octanol–water partition coefficient (Wildman–Crippen LogP) is 5.13. The molecule has 7 nitrogen and oxygen atoms in total. The van der Waals surface area contributed by atoms with Crippen molar-refractivity contribution in [3.8, 4) is 0 Å². The number of rotatable bonds is 5. The fraction of sp³-hybridized carbons (Fsp3) is 0.500. The minimum absolute atomic E-state index is 0. The molecule has 4 rings (SSSR count). The Morgan fingerprint density at radius 2 is 1.49 bits per heavy atom. The highest BCUT2D eigenvalue weighted by Crippen LogP contribution is 2.39. The summed E-state index contributed by atoms with van der Waals surface area (Å²) in [5, 5.41) is 0. The summed E-state index contributed by atoms with van der Waals surface area (Å²) in [6, 6.07) is 5.50. The van der Waals surface area contributed by atoms with Crippen LogP contribution in [-0.4, -0.2) is 71.7 Å². The fourth-order valence-corrected chi connectivity index (χ4v) is 6.31. The molecule has 2 N–H and O–H groups in total. The Kier molecular flexibility index (Phi) is 11.2. The van der Waals surface area contributed by atoms with Crippen LogP contribution in [0.15, 0.2) is 36.4 Å². The zero-order valence-electron chi connectivity index (χ0n) is 24.6. The largest absolute Gasteiger partial charge is 0.416 e. The molecule has 45 heavy (non-hydrogen) atoms. The zero-order chi connectivity index (χ0) is 32.6. The van der Waals surface area contributed by atoms with Gasteiger partial charge in [0.25, 0.3) is 0 Å². The molecule has 3 amide bonds. The summed E-state index contributed by atoms with van der Waals surface area (Å²) in [6.07, 6.45) is -8.57. The number of carbonyl (C=O) groups is 3. The van der Waals surface area contributed by atoms with E-state index in [0.29, 0.717) is 68.7 Å². The van der Waals surface area contributed by atoms with Gasteiger partial charge in [-0.2, -0.15) is 26.3 Å². The Balaban J connectivity index is 0.00000552. The second-order valence-electron chi connectivity index (χ2n) is 11.5. The van der Waals surface area contributed by atoms with Crippen molar-refractivity contribution in [2.75, 3.05) is 33.2 Å². The highest BCUT2D eigenvalue weighted by atomic mass is 35.5. The van der Waals surface area contributed by atoms with Gasteiger partial charge in [0.05, 0.1) is 11.1 Å². The topological polar surface area (TPSA) is 87.0 Å². The lowest BCUT2D eigenvalue weighted by molar-refractivity contribution is -0.145. The third-order valence-corrected chi connectivity index (χ3v) is 8.52. The van der Waals surface area contributed by atoms with Gasteiger partial charge >= 0.3 is 24.2 Å². The van der Waals surface area contributed by atoms with Crippen LogP contribution in [0.5, 0.6) is 0 Å². The maximum absolute atomic E-state index is 14.0. The number of primary amides is 1. The van der Waals surface area contributed by atoms with Crippen LogP contribution in [0.2, 0.25) is 0 Å². The summed E-state index contributed by atoms with van der Waals surface area (Å²) in [4.78, 5) is 41.8. The first-order valence-corrected chi connectivity index (χ1v) is 14.1. The molecule has 0 aromatic heterocycles. The second-order valence-corrected chi connectivity index (χ2v) is 11.5. The fourth-order valence-electron chi connectivity index (χ4n) is 6.31. The number of halogens is 8. The average Bonchev–Trinajstić information content (AvgIpc) is 2.95. The van der Waals surface area contributed by atoms with E-state index in [2.05, 4.69) is 4.90 Å². The van der Waals surface area contributed by atoms with Gasteiger partial charge in [0, 0.05) is 51.1 Å². The quantitative estimate of drug-likeness (QED) is 0.354. The maximum atomic E-state index is 14.0. The van der Waals surface area contributed by atoms with Crippen molar-refractivity contribution >= 4 is 30.1 Å². The monoisotopic (exact) mass is 666 g/mol. The molecule has 2 aliphatic heterocycles. The van der Waals surface area contributed by atoms with Crippen LogP contribution >= 0.6 is 12.4 Å². The summed E-state index contributed by atoms with van der Waals surface area (Å²) in [6.45, 7) is 2.73. The minimum atomic E-state index is -5.01. The van der Waals surface area contributed by atoms with Gasteiger partial charge in [0.1, 0.15) is 5.82 Å². The van der Waals surface area contributed by atoms with Crippen molar-refractivity contribution in [3.05, 3.63) is 70.0 Å². The number of nitrogens with zero attached hydrogens (tertiary/aromatic N) is 3. The Morgan fingerprint density at radius 3 is 2.00 bits per heavy atom. The zero-order valence-corrected chi connectivity index (χ0v) is 25.4. The van der Waals surface area contributed by atoms with E-state index in [9.17, 15) is 45.1 Å². The summed E-state index contributed by atoms with van der Waals surface area (Å²) in [5.41, 5.74) is 3.20. The van der Waals surface area contributed by atoms with E-state index in [1.165, 1.54) is 24.1 Å². The number of aryl methyl sites for hydroxylation is 1. The molecular formula is C30H34ClF7N4O3. The normalized spacial score (nSPS) is 20.0. The highest BCUT2D eigenvalue weighted by molar-refractivity contribution is 6.34. The van der Waals surface area contributed by atoms with Gasteiger partial charge in [-0.25, -0.2) is 4.39 Å². The number of amides is 3. The van der Waals surface area contributed by atoms with Crippen LogP contribution in [0, 0.1) is 18.7 Å². The van der Waals surface area contributed by atoms with Gasteiger partial charge in [0.2, 0.25) is 5.91 Å². The Morgan fingerprint density at radius 1 is 0.911 bits per heavy atom. The summed E-state index contributed by atoms with van der Waals surface area (Å²) in [5.74, 6) is -3.82. The third-order valence-electron chi connectivity index (χ3n) is 8.52. The molecule has 15 heteroatoms. The predicted molar refractivity (Wildman–Crippen MR) is 153 cm³/mol. The van der Waals surface area contributed by atoms with Crippen molar-refractivity contribution in [2.45, 2.75) is 57.0 Å². The highest BCUT2D eigenvalue weighted by Gasteiger charge is 2.41.